The zero-order valence-corrected chi connectivity index (χ0v) is 11.6. The van der Waals surface area contributed by atoms with Crippen LogP contribution in [-0.2, 0) is 11.3 Å². The van der Waals surface area contributed by atoms with Crippen LogP contribution in [0.4, 0.5) is 10.5 Å². The summed E-state index contributed by atoms with van der Waals surface area (Å²) < 4.78 is 0. The average molecular weight is 273 g/mol. The predicted octanol–water partition coefficient (Wildman–Crippen LogP) is 1.73. The molecular formula is C15H19N3O2. The quantitative estimate of drug-likeness (QED) is 0.853. The minimum absolute atomic E-state index is 0.156. The SMILES string of the molecule is C[C@@H]1CCCN1c1ccc(CN2CC(=O)NC2=O)cc1. The summed E-state index contributed by atoms with van der Waals surface area (Å²) >= 11 is 0. The molecule has 0 bridgehead atoms. The molecule has 3 amide bonds. The molecule has 106 valence electrons. The van der Waals surface area contributed by atoms with Crippen molar-refractivity contribution in [1.82, 2.24) is 10.2 Å². The third-order valence-corrected chi connectivity index (χ3v) is 4.06. The molecule has 2 heterocycles. The average Bonchev–Trinajstić information content (AvgIpc) is 2.97. The number of nitrogens with one attached hydrogen (secondary N) is 1. The van der Waals surface area contributed by atoms with E-state index in [0.29, 0.717) is 12.6 Å². The second-order valence-electron chi connectivity index (χ2n) is 5.56. The Hall–Kier alpha value is -2.04. The van der Waals surface area contributed by atoms with Crippen molar-refractivity contribution < 1.29 is 9.59 Å². The second kappa shape index (κ2) is 5.15. The monoisotopic (exact) mass is 273 g/mol. The van der Waals surface area contributed by atoms with Crippen molar-refractivity contribution in [2.75, 3.05) is 18.0 Å². The Kier molecular flexibility index (Phi) is 3.34. The van der Waals surface area contributed by atoms with Crippen LogP contribution in [0.25, 0.3) is 0 Å². The van der Waals surface area contributed by atoms with Gasteiger partial charge in [-0.2, -0.15) is 0 Å². The Balaban J connectivity index is 1.67. The summed E-state index contributed by atoms with van der Waals surface area (Å²) in [6, 6.07) is 8.59. The van der Waals surface area contributed by atoms with E-state index >= 15 is 0 Å². The number of hydrogen-bond donors (Lipinski definition) is 1. The molecule has 5 heteroatoms. The molecule has 1 atom stereocenters. The number of nitrogens with zero attached hydrogens (tertiary/aromatic N) is 2. The van der Waals surface area contributed by atoms with Crippen molar-refractivity contribution in [2.45, 2.75) is 32.4 Å². The lowest BCUT2D eigenvalue weighted by Gasteiger charge is -2.24. The fourth-order valence-corrected chi connectivity index (χ4v) is 2.94. The van der Waals surface area contributed by atoms with Gasteiger partial charge >= 0.3 is 6.03 Å². The zero-order valence-electron chi connectivity index (χ0n) is 11.6. The van der Waals surface area contributed by atoms with Gasteiger partial charge in [0.05, 0.1) is 0 Å². The Bertz CT molecular complexity index is 526. The maximum absolute atomic E-state index is 11.5. The molecule has 3 rings (SSSR count). The first-order chi connectivity index (χ1) is 9.63. The van der Waals surface area contributed by atoms with Gasteiger partial charge in [0.25, 0.3) is 0 Å². The largest absolute Gasteiger partial charge is 0.369 e. The van der Waals surface area contributed by atoms with Gasteiger partial charge in [0.1, 0.15) is 6.54 Å². The topological polar surface area (TPSA) is 52.6 Å². The van der Waals surface area contributed by atoms with Crippen molar-refractivity contribution in [3.63, 3.8) is 0 Å². The van der Waals surface area contributed by atoms with Gasteiger partial charge in [-0.3, -0.25) is 10.1 Å². The number of carbonyl (C=O) groups is 2. The number of amides is 3. The lowest BCUT2D eigenvalue weighted by atomic mass is 10.1. The highest BCUT2D eigenvalue weighted by Gasteiger charge is 2.26. The van der Waals surface area contributed by atoms with Gasteiger partial charge in [-0.25, -0.2) is 4.79 Å². The highest BCUT2D eigenvalue weighted by Crippen LogP contribution is 2.25. The molecule has 2 saturated heterocycles. The highest BCUT2D eigenvalue weighted by molar-refractivity contribution is 6.01. The van der Waals surface area contributed by atoms with Crippen molar-refractivity contribution in [3.05, 3.63) is 29.8 Å². The molecule has 0 unspecified atom stereocenters. The first-order valence-corrected chi connectivity index (χ1v) is 7.08. The van der Waals surface area contributed by atoms with E-state index in [0.717, 1.165) is 12.1 Å². The molecule has 2 fully saturated rings. The van der Waals surface area contributed by atoms with E-state index in [1.165, 1.54) is 23.4 Å². The fourth-order valence-electron chi connectivity index (χ4n) is 2.94. The summed E-state index contributed by atoms with van der Waals surface area (Å²) in [4.78, 5) is 26.6. The van der Waals surface area contributed by atoms with E-state index in [4.69, 9.17) is 0 Å². The van der Waals surface area contributed by atoms with Crippen molar-refractivity contribution in [3.8, 4) is 0 Å². The van der Waals surface area contributed by atoms with Crippen LogP contribution < -0.4 is 10.2 Å². The van der Waals surface area contributed by atoms with Gasteiger partial charge in [-0.15, -0.1) is 0 Å². The Morgan fingerprint density at radius 1 is 1.25 bits per heavy atom. The van der Waals surface area contributed by atoms with Crippen molar-refractivity contribution >= 4 is 17.6 Å². The minimum Gasteiger partial charge on any atom is -0.369 e. The molecular weight excluding hydrogens is 254 g/mol. The van der Waals surface area contributed by atoms with E-state index in [2.05, 4.69) is 29.3 Å². The number of anilines is 1. The van der Waals surface area contributed by atoms with Gasteiger partial charge in [0.2, 0.25) is 5.91 Å². The van der Waals surface area contributed by atoms with E-state index in [1.807, 2.05) is 12.1 Å². The van der Waals surface area contributed by atoms with E-state index in [9.17, 15) is 9.59 Å². The van der Waals surface area contributed by atoms with Gasteiger partial charge < -0.3 is 9.80 Å². The maximum Gasteiger partial charge on any atom is 0.324 e. The Morgan fingerprint density at radius 2 is 2.00 bits per heavy atom. The molecule has 0 radical (unpaired) electrons. The molecule has 20 heavy (non-hydrogen) atoms. The maximum atomic E-state index is 11.5. The van der Waals surface area contributed by atoms with Gasteiger partial charge in [-0.05, 0) is 37.5 Å². The smallest absolute Gasteiger partial charge is 0.324 e. The molecule has 2 aliphatic heterocycles. The second-order valence-corrected chi connectivity index (χ2v) is 5.56. The first kappa shape index (κ1) is 13.0. The van der Waals surface area contributed by atoms with Crippen LogP contribution in [0.3, 0.4) is 0 Å². The molecule has 5 nitrogen and oxygen atoms in total. The van der Waals surface area contributed by atoms with Crippen molar-refractivity contribution in [1.29, 1.82) is 0 Å². The summed E-state index contributed by atoms with van der Waals surface area (Å²) in [6.07, 6.45) is 2.50. The van der Waals surface area contributed by atoms with Gasteiger partial charge in [-0.1, -0.05) is 12.1 Å². The summed E-state index contributed by atoms with van der Waals surface area (Å²) in [6.45, 7) is 4.00. The molecule has 2 aliphatic rings. The highest BCUT2D eigenvalue weighted by atomic mass is 16.2. The molecule has 1 aromatic rings. The van der Waals surface area contributed by atoms with Gasteiger partial charge in [0, 0.05) is 24.8 Å². The molecule has 1 N–H and O–H groups in total. The van der Waals surface area contributed by atoms with E-state index in [1.54, 1.807) is 0 Å². The minimum atomic E-state index is -0.299. The van der Waals surface area contributed by atoms with Crippen molar-refractivity contribution in [2.24, 2.45) is 0 Å². The number of rotatable bonds is 3. The normalized spacial score (nSPS) is 22.6. The third-order valence-electron chi connectivity index (χ3n) is 4.06. The van der Waals surface area contributed by atoms with Crippen LogP contribution in [0, 0.1) is 0 Å². The number of imide groups is 1. The molecule has 1 aromatic carbocycles. The zero-order chi connectivity index (χ0) is 14.1. The first-order valence-electron chi connectivity index (χ1n) is 7.08. The summed E-state index contributed by atoms with van der Waals surface area (Å²) in [5.41, 5.74) is 2.28. The fraction of sp³-hybridized carbons (Fsp3) is 0.467. The van der Waals surface area contributed by atoms with Crippen LogP contribution in [0.15, 0.2) is 24.3 Å². The Labute approximate surface area is 118 Å². The lowest BCUT2D eigenvalue weighted by molar-refractivity contribution is -0.118. The van der Waals surface area contributed by atoms with Crippen LogP contribution in [-0.4, -0.2) is 36.0 Å². The lowest BCUT2D eigenvalue weighted by Crippen LogP contribution is -2.28. The van der Waals surface area contributed by atoms with Crippen LogP contribution in [0.1, 0.15) is 25.3 Å². The Morgan fingerprint density at radius 3 is 2.55 bits per heavy atom. The number of benzene rings is 1. The third kappa shape index (κ3) is 2.48. The summed E-state index contributed by atoms with van der Waals surface area (Å²) in [5.74, 6) is -0.225. The summed E-state index contributed by atoms with van der Waals surface area (Å²) in [5, 5.41) is 2.29. The van der Waals surface area contributed by atoms with E-state index < -0.39 is 0 Å². The van der Waals surface area contributed by atoms with E-state index in [-0.39, 0.29) is 18.5 Å². The van der Waals surface area contributed by atoms with Crippen LogP contribution in [0.5, 0.6) is 0 Å². The van der Waals surface area contributed by atoms with Crippen LogP contribution in [0.2, 0.25) is 0 Å². The number of hydrogen-bond acceptors (Lipinski definition) is 3. The standard InChI is InChI=1S/C15H19N3O2/c1-11-3-2-8-18(11)13-6-4-12(5-7-13)9-17-10-14(19)16-15(17)20/h4-7,11H,2-3,8-10H2,1H3,(H,16,19,20)/t11-/m1/s1. The molecule has 0 aromatic heterocycles. The molecule has 0 aliphatic carbocycles. The molecule has 0 spiro atoms. The molecule has 0 saturated carbocycles. The van der Waals surface area contributed by atoms with Crippen LogP contribution >= 0.6 is 0 Å². The van der Waals surface area contributed by atoms with Gasteiger partial charge in [0.15, 0.2) is 0 Å². The predicted molar refractivity (Wildman–Crippen MR) is 76.4 cm³/mol. The number of carbonyl (C=O) groups excluding carboxylic acids is 2. The summed E-state index contributed by atoms with van der Waals surface area (Å²) in [7, 11) is 0. The number of urea groups is 1.